The minimum atomic E-state index is -0.743. The fourth-order valence-electron chi connectivity index (χ4n) is 1.90. The van der Waals surface area contributed by atoms with Crippen molar-refractivity contribution in [2.24, 2.45) is 4.99 Å². The lowest BCUT2D eigenvalue weighted by Gasteiger charge is -2.15. The standard InChI is InChI=1S/C16H20FN3O2/c1-2-18-16(19-10-14-4-3-9-22-14)20-11-15(21)12-5-7-13(17)8-6-12/h3-9,15,21H,2,10-11H2,1H3,(H2,18,19,20). The molecule has 0 amide bonds. The number of benzene rings is 1. The van der Waals surface area contributed by atoms with Crippen molar-refractivity contribution in [2.75, 3.05) is 13.1 Å². The van der Waals surface area contributed by atoms with E-state index in [0.29, 0.717) is 24.6 Å². The van der Waals surface area contributed by atoms with E-state index in [4.69, 9.17) is 4.42 Å². The molecule has 2 rings (SSSR count). The second kappa shape index (κ2) is 8.19. The van der Waals surface area contributed by atoms with Gasteiger partial charge < -0.3 is 20.2 Å². The smallest absolute Gasteiger partial charge is 0.191 e. The maximum Gasteiger partial charge on any atom is 0.191 e. The second-order valence-electron chi connectivity index (χ2n) is 4.72. The van der Waals surface area contributed by atoms with E-state index in [9.17, 15) is 9.50 Å². The lowest BCUT2D eigenvalue weighted by Crippen LogP contribution is -2.39. The Kier molecular flexibility index (Phi) is 5.97. The number of nitrogens with zero attached hydrogens (tertiary/aromatic N) is 1. The van der Waals surface area contributed by atoms with Crippen LogP contribution in [0.2, 0.25) is 0 Å². The first kappa shape index (κ1) is 16.0. The van der Waals surface area contributed by atoms with Gasteiger partial charge in [0.05, 0.1) is 12.4 Å². The summed E-state index contributed by atoms with van der Waals surface area (Å²) in [7, 11) is 0. The molecule has 2 aromatic rings. The van der Waals surface area contributed by atoms with E-state index in [1.54, 1.807) is 18.4 Å². The van der Waals surface area contributed by atoms with Crippen LogP contribution in [-0.2, 0) is 6.54 Å². The number of rotatable bonds is 6. The van der Waals surface area contributed by atoms with Crippen LogP contribution >= 0.6 is 0 Å². The Morgan fingerprint density at radius 2 is 2.05 bits per heavy atom. The molecule has 1 heterocycles. The largest absolute Gasteiger partial charge is 0.467 e. The van der Waals surface area contributed by atoms with Gasteiger partial charge in [-0.15, -0.1) is 0 Å². The molecule has 0 spiro atoms. The fraction of sp³-hybridized carbons (Fsp3) is 0.312. The summed E-state index contributed by atoms with van der Waals surface area (Å²) in [5.41, 5.74) is 0.649. The van der Waals surface area contributed by atoms with Crippen LogP contribution in [-0.4, -0.2) is 24.2 Å². The number of hydrogen-bond donors (Lipinski definition) is 3. The number of halogens is 1. The van der Waals surface area contributed by atoms with Crippen LogP contribution in [0, 0.1) is 5.82 Å². The Morgan fingerprint density at radius 1 is 1.27 bits per heavy atom. The molecule has 3 N–H and O–H groups in total. The molecule has 0 aliphatic rings. The molecule has 0 saturated carbocycles. The number of nitrogens with one attached hydrogen (secondary N) is 2. The zero-order valence-corrected chi connectivity index (χ0v) is 12.4. The molecule has 0 bridgehead atoms. The van der Waals surface area contributed by atoms with Gasteiger partial charge in [-0.05, 0) is 36.8 Å². The zero-order valence-electron chi connectivity index (χ0n) is 12.4. The molecule has 1 atom stereocenters. The van der Waals surface area contributed by atoms with Gasteiger partial charge in [0.1, 0.15) is 18.1 Å². The first-order valence-electron chi connectivity index (χ1n) is 7.17. The van der Waals surface area contributed by atoms with Crippen LogP contribution in [0.25, 0.3) is 0 Å². The molecule has 0 fully saturated rings. The number of aliphatic hydroxyl groups excluding tert-OH is 1. The van der Waals surface area contributed by atoms with Gasteiger partial charge in [0.15, 0.2) is 5.96 Å². The third kappa shape index (κ3) is 4.89. The van der Waals surface area contributed by atoms with Gasteiger partial charge in [0, 0.05) is 13.1 Å². The minimum absolute atomic E-state index is 0.273. The Balaban J connectivity index is 1.90. The van der Waals surface area contributed by atoms with Crippen molar-refractivity contribution < 1.29 is 13.9 Å². The van der Waals surface area contributed by atoms with Crippen LogP contribution in [0.4, 0.5) is 4.39 Å². The Hall–Kier alpha value is -2.34. The highest BCUT2D eigenvalue weighted by Crippen LogP contribution is 2.12. The van der Waals surface area contributed by atoms with Crippen LogP contribution < -0.4 is 10.6 Å². The summed E-state index contributed by atoms with van der Waals surface area (Å²) in [6.07, 6.45) is 0.858. The van der Waals surface area contributed by atoms with E-state index in [1.807, 2.05) is 19.1 Å². The fourth-order valence-corrected chi connectivity index (χ4v) is 1.90. The van der Waals surface area contributed by atoms with Crippen molar-refractivity contribution in [3.63, 3.8) is 0 Å². The van der Waals surface area contributed by atoms with Crippen molar-refractivity contribution in [3.05, 3.63) is 59.8 Å². The normalized spacial score (nSPS) is 13.0. The molecule has 0 aliphatic heterocycles. The monoisotopic (exact) mass is 305 g/mol. The molecule has 0 radical (unpaired) electrons. The summed E-state index contributed by atoms with van der Waals surface area (Å²) in [6.45, 7) is 3.35. The zero-order chi connectivity index (χ0) is 15.8. The van der Waals surface area contributed by atoms with Crippen LogP contribution in [0.3, 0.4) is 0 Å². The van der Waals surface area contributed by atoms with Gasteiger partial charge in [-0.3, -0.25) is 0 Å². The molecule has 0 saturated heterocycles. The molecule has 0 aliphatic carbocycles. The van der Waals surface area contributed by atoms with E-state index in [2.05, 4.69) is 15.6 Å². The highest BCUT2D eigenvalue weighted by molar-refractivity contribution is 5.79. The van der Waals surface area contributed by atoms with E-state index in [1.165, 1.54) is 12.1 Å². The number of furan rings is 1. The number of aliphatic hydroxyl groups is 1. The lowest BCUT2D eigenvalue weighted by atomic mass is 10.1. The number of guanidine groups is 1. The molecule has 5 nitrogen and oxygen atoms in total. The Labute approximate surface area is 128 Å². The van der Waals surface area contributed by atoms with Gasteiger partial charge in [0.2, 0.25) is 0 Å². The summed E-state index contributed by atoms with van der Waals surface area (Å²) < 4.78 is 18.1. The maximum absolute atomic E-state index is 12.9. The summed E-state index contributed by atoms with van der Waals surface area (Å²) in [5, 5.41) is 16.2. The van der Waals surface area contributed by atoms with Crippen molar-refractivity contribution in [1.29, 1.82) is 0 Å². The third-order valence-corrected chi connectivity index (χ3v) is 3.03. The quantitative estimate of drug-likeness (QED) is 0.565. The summed E-state index contributed by atoms with van der Waals surface area (Å²) >= 11 is 0. The average molecular weight is 305 g/mol. The van der Waals surface area contributed by atoms with Crippen molar-refractivity contribution in [2.45, 2.75) is 19.6 Å². The summed E-state index contributed by atoms with van der Waals surface area (Å²) in [5.74, 6) is 1.02. The molecule has 118 valence electrons. The molecule has 1 aromatic carbocycles. The molecule has 1 aromatic heterocycles. The highest BCUT2D eigenvalue weighted by Gasteiger charge is 2.08. The lowest BCUT2D eigenvalue weighted by molar-refractivity contribution is 0.180. The van der Waals surface area contributed by atoms with E-state index in [0.717, 1.165) is 5.76 Å². The Morgan fingerprint density at radius 3 is 2.68 bits per heavy atom. The highest BCUT2D eigenvalue weighted by atomic mass is 19.1. The van der Waals surface area contributed by atoms with Gasteiger partial charge >= 0.3 is 0 Å². The van der Waals surface area contributed by atoms with Gasteiger partial charge in [-0.2, -0.15) is 0 Å². The van der Waals surface area contributed by atoms with Crippen molar-refractivity contribution >= 4 is 5.96 Å². The maximum atomic E-state index is 12.9. The third-order valence-electron chi connectivity index (χ3n) is 3.03. The SMILES string of the molecule is CCNC(=NCc1ccco1)NCC(O)c1ccc(F)cc1. The second-order valence-corrected chi connectivity index (χ2v) is 4.72. The summed E-state index contributed by atoms with van der Waals surface area (Å²) in [4.78, 5) is 4.37. The molecule has 6 heteroatoms. The van der Waals surface area contributed by atoms with Crippen molar-refractivity contribution in [1.82, 2.24) is 10.6 Å². The predicted octanol–water partition coefficient (Wildman–Crippen LogP) is 2.21. The molecule has 22 heavy (non-hydrogen) atoms. The van der Waals surface area contributed by atoms with E-state index >= 15 is 0 Å². The summed E-state index contributed by atoms with van der Waals surface area (Å²) in [6, 6.07) is 9.44. The van der Waals surface area contributed by atoms with Gasteiger partial charge in [0.25, 0.3) is 0 Å². The topological polar surface area (TPSA) is 69.8 Å². The van der Waals surface area contributed by atoms with Crippen LogP contribution in [0.5, 0.6) is 0 Å². The Bertz CT molecular complexity index is 582. The van der Waals surface area contributed by atoms with E-state index < -0.39 is 6.10 Å². The average Bonchev–Trinajstić information content (AvgIpc) is 3.04. The minimum Gasteiger partial charge on any atom is -0.467 e. The first-order chi connectivity index (χ1) is 10.7. The number of aliphatic imine (C=N–C) groups is 1. The van der Waals surface area contributed by atoms with Crippen LogP contribution in [0.1, 0.15) is 24.4 Å². The first-order valence-corrected chi connectivity index (χ1v) is 7.17. The van der Waals surface area contributed by atoms with Crippen molar-refractivity contribution in [3.8, 4) is 0 Å². The molecular weight excluding hydrogens is 285 g/mol. The molecule has 1 unspecified atom stereocenters. The number of hydrogen-bond acceptors (Lipinski definition) is 3. The van der Waals surface area contributed by atoms with Gasteiger partial charge in [-0.25, -0.2) is 9.38 Å². The van der Waals surface area contributed by atoms with E-state index in [-0.39, 0.29) is 12.4 Å². The molecular formula is C16H20FN3O2. The predicted molar refractivity (Wildman–Crippen MR) is 82.9 cm³/mol. The van der Waals surface area contributed by atoms with Crippen LogP contribution in [0.15, 0.2) is 52.1 Å². The van der Waals surface area contributed by atoms with Gasteiger partial charge in [-0.1, -0.05) is 12.1 Å².